The third-order valence-corrected chi connectivity index (χ3v) is 3.84. The van der Waals surface area contributed by atoms with Crippen LogP contribution >= 0.6 is 0 Å². The van der Waals surface area contributed by atoms with Gasteiger partial charge in [0.1, 0.15) is 12.4 Å². The summed E-state index contributed by atoms with van der Waals surface area (Å²) in [7, 11) is 0. The second kappa shape index (κ2) is 7.94. The van der Waals surface area contributed by atoms with Crippen LogP contribution in [0, 0.1) is 6.92 Å². The van der Waals surface area contributed by atoms with Crippen molar-refractivity contribution in [1.29, 1.82) is 0 Å². The van der Waals surface area contributed by atoms with Gasteiger partial charge in [-0.1, -0.05) is 12.1 Å². The number of benzene rings is 1. The van der Waals surface area contributed by atoms with Crippen LogP contribution in [0.25, 0.3) is 0 Å². The molecule has 2 aromatic rings. The topological polar surface area (TPSA) is 77.9 Å². The summed E-state index contributed by atoms with van der Waals surface area (Å²) < 4.78 is 12.8. The Bertz CT molecular complexity index is 692. The summed E-state index contributed by atoms with van der Waals surface area (Å²) in [6.45, 7) is 6.94. The van der Waals surface area contributed by atoms with Crippen LogP contribution < -0.4 is 10.5 Å². The first kappa shape index (κ1) is 16.5. The number of morpholine rings is 1. The largest absolute Gasteiger partial charge is 0.492 e. The number of nitrogens with zero attached hydrogens (tertiary/aromatic N) is 4. The van der Waals surface area contributed by atoms with Gasteiger partial charge in [0.15, 0.2) is 0 Å². The monoisotopic (exact) mass is 329 g/mol. The highest BCUT2D eigenvalue weighted by molar-refractivity contribution is 5.83. The predicted octanol–water partition coefficient (Wildman–Crippen LogP) is 1.37. The number of nitrogen functional groups attached to an aromatic ring is 1. The van der Waals surface area contributed by atoms with E-state index in [0.29, 0.717) is 12.6 Å². The normalized spacial score (nSPS) is 15.9. The van der Waals surface area contributed by atoms with Gasteiger partial charge in [-0.3, -0.25) is 4.90 Å². The Morgan fingerprint density at radius 3 is 2.88 bits per heavy atom. The van der Waals surface area contributed by atoms with Gasteiger partial charge in [-0.2, -0.15) is 5.10 Å². The maximum Gasteiger partial charge on any atom is 0.221 e. The van der Waals surface area contributed by atoms with Gasteiger partial charge in [-0.15, -0.1) is 0 Å². The fourth-order valence-electron chi connectivity index (χ4n) is 2.55. The number of anilines is 1. The van der Waals surface area contributed by atoms with Crippen LogP contribution in [0.15, 0.2) is 35.6 Å². The van der Waals surface area contributed by atoms with Gasteiger partial charge in [0.05, 0.1) is 31.3 Å². The van der Waals surface area contributed by atoms with E-state index in [9.17, 15) is 0 Å². The average molecular weight is 329 g/mol. The molecule has 0 bridgehead atoms. The summed E-state index contributed by atoms with van der Waals surface area (Å²) in [5.74, 6) is 1.18. The number of rotatable bonds is 6. The molecule has 1 aromatic carbocycles. The second-order valence-corrected chi connectivity index (χ2v) is 5.67. The summed E-state index contributed by atoms with van der Waals surface area (Å²) in [6.07, 6.45) is 3.52. The Labute approximate surface area is 141 Å². The van der Waals surface area contributed by atoms with E-state index in [-0.39, 0.29) is 0 Å². The van der Waals surface area contributed by atoms with Gasteiger partial charge in [-0.25, -0.2) is 9.66 Å². The average Bonchev–Trinajstić information content (AvgIpc) is 2.92. The number of nitrogens with two attached hydrogens (primary N) is 1. The molecule has 7 heteroatoms. The molecule has 1 aliphatic rings. The zero-order valence-corrected chi connectivity index (χ0v) is 13.9. The minimum atomic E-state index is 0.370. The van der Waals surface area contributed by atoms with Gasteiger partial charge in [0.25, 0.3) is 0 Å². The Balaban J connectivity index is 1.61. The number of aromatic nitrogens is 2. The van der Waals surface area contributed by atoms with Gasteiger partial charge < -0.3 is 15.2 Å². The van der Waals surface area contributed by atoms with Crippen LogP contribution in [0.2, 0.25) is 0 Å². The number of imidazole rings is 1. The highest BCUT2D eigenvalue weighted by Crippen LogP contribution is 2.16. The number of hydrogen-bond donors (Lipinski definition) is 1. The summed E-state index contributed by atoms with van der Waals surface area (Å²) in [4.78, 5) is 6.47. The molecule has 1 saturated heterocycles. The standard InChI is InChI=1S/C17H23N5O2/c1-14-13-22(17(18)20-14)19-12-15-4-2-3-5-16(15)24-11-8-21-6-9-23-10-7-21/h2-5,12-13H,6-11H2,1H3,(H2,18,20). The van der Waals surface area contributed by atoms with Crippen molar-refractivity contribution in [3.05, 3.63) is 41.7 Å². The fraction of sp³-hybridized carbons (Fsp3) is 0.412. The molecular formula is C17H23N5O2. The lowest BCUT2D eigenvalue weighted by atomic mass is 10.2. The fourth-order valence-corrected chi connectivity index (χ4v) is 2.55. The second-order valence-electron chi connectivity index (χ2n) is 5.67. The van der Waals surface area contributed by atoms with E-state index in [0.717, 1.165) is 49.9 Å². The third-order valence-electron chi connectivity index (χ3n) is 3.84. The molecule has 0 spiro atoms. The maximum atomic E-state index is 5.93. The number of para-hydroxylation sites is 1. The molecule has 24 heavy (non-hydrogen) atoms. The van der Waals surface area contributed by atoms with E-state index >= 15 is 0 Å². The van der Waals surface area contributed by atoms with Crippen molar-refractivity contribution in [1.82, 2.24) is 14.6 Å². The van der Waals surface area contributed by atoms with E-state index < -0.39 is 0 Å². The van der Waals surface area contributed by atoms with E-state index in [1.54, 1.807) is 17.1 Å². The molecular weight excluding hydrogens is 306 g/mol. The van der Waals surface area contributed by atoms with Crippen molar-refractivity contribution in [3.8, 4) is 5.75 Å². The molecule has 0 aliphatic carbocycles. The summed E-state index contributed by atoms with van der Waals surface area (Å²) in [5, 5.41) is 4.35. The molecule has 2 N–H and O–H groups in total. The van der Waals surface area contributed by atoms with Crippen molar-refractivity contribution >= 4 is 12.2 Å². The first-order chi connectivity index (χ1) is 11.7. The molecule has 0 unspecified atom stereocenters. The molecule has 0 atom stereocenters. The Morgan fingerprint density at radius 2 is 2.12 bits per heavy atom. The molecule has 3 rings (SSSR count). The summed E-state index contributed by atoms with van der Waals surface area (Å²) in [6, 6.07) is 7.83. The van der Waals surface area contributed by atoms with Crippen molar-refractivity contribution in [2.24, 2.45) is 5.10 Å². The SMILES string of the molecule is Cc1cn(N=Cc2ccccc2OCCN2CCOCC2)c(N)n1. The van der Waals surface area contributed by atoms with Gasteiger partial charge in [0, 0.05) is 25.2 Å². The van der Waals surface area contributed by atoms with E-state index in [1.165, 1.54) is 0 Å². The van der Waals surface area contributed by atoms with Crippen molar-refractivity contribution in [2.75, 3.05) is 45.2 Å². The van der Waals surface area contributed by atoms with Crippen molar-refractivity contribution in [3.63, 3.8) is 0 Å². The molecule has 2 heterocycles. The highest BCUT2D eigenvalue weighted by atomic mass is 16.5. The Morgan fingerprint density at radius 1 is 1.33 bits per heavy atom. The van der Waals surface area contributed by atoms with E-state index in [4.69, 9.17) is 15.2 Å². The van der Waals surface area contributed by atoms with E-state index in [2.05, 4.69) is 15.0 Å². The lowest BCUT2D eigenvalue weighted by Gasteiger charge is -2.26. The van der Waals surface area contributed by atoms with Gasteiger partial charge >= 0.3 is 0 Å². The quantitative estimate of drug-likeness (QED) is 0.810. The molecule has 1 fully saturated rings. The third kappa shape index (κ3) is 4.33. The van der Waals surface area contributed by atoms with Crippen LogP contribution in [-0.2, 0) is 4.74 Å². The number of hydrogen-bond acceptors (Lipinski definition) is 6. The highest BCUT2D eigenvalue weighted by Gasteiger charge is 2.10. The molecule has 0 amide bonds. The summed E-state index contributed by atoms with van der Waals surface area (Å²) in [5.41, 5.74) is 7.54. The van der Waals surface area contributed by atoms with Crippen LogP contribution in [0.3, 0.4) is 0 Å². The molecule has 1 aliphatic heterocycles. The first-order valence-corrected chi connectivity index (χ1v) is 8.10. The van der Waals surface area contributed by atoms with Gasteiger partial charge in [0.2, 0.25) is 5.95 Å². The predicted molar refractivity (Wildman–Crippen MR) is 93.6 cm³/mol. The zero-order chi connectivity index (χ0) is 16.8. The first-order valence-electron chi connectivity index (χ1n) is 8.10. The van der Waals surface area contributed by atoms with Crippen LogP contribution in [0.4, 0.5) is 5.95 Å². The Kier molecular flexibility index (Phi) is 5.45. The number of aryl methyl sites for hydroxylation is 1. The van der Waals surface area contributed by atoms with Gasteiger partial charge in [-0.05, 0) is 19.1 Å². The van der Waals surface area contributed by atoms with E-state index in [1.807, 2.05) is 31.2 Å². The smallest absolute Gasteiger partial charge is 0.221 e. The lowest BCUT2D eigenvalue weighted by Crippen LogP contribution is -2.38. The molecule has 1 aromatic heterocycles. The Hall–Kier alpha value is -2.38. The lowest BCUT2D eigenvalue weighted by molar-refractivity contribution is 0.0322. The van der Waals surface area contributed by atoms with Crippen LogP contribution in [0.5, 0.6) is 5.75 Å². The summed E-state index contributed by atoms with van der Waals surface area (Å²) >= 11 is 0. The molecule has 7 nitrogen and oxygen atoms in total. The van der Waals surface area contributed by atoms with Crippen LogP contribution in [-0.4, -0.2) is 60.2 Å². The minimum absolute atomic E-state index is 0.370. The molecule has 0 saturated carbocycles. The zero-order valence-electron chi connectivity index (χ0n) is 13.9. The van der Waals surface area contributed by atoms with Crippen molar-refractivity contribution in [2.45, 2.75) is 6.92 Å². The van der Waals surface area contributed by atoms with Crippen LogP contribution in [0.1, 0.15) is 11.3 Å². The minimum Gasteiger partial charge on any atom is -0.492 e. The maximum absolute atomic E-state index is 5.93. The molecule has 128 valence electrons. The molecule has 0 radical (unpaired) electrons. The van der Waals surface area contributed by atoms with Crippen molar-refractivity contribution < 1.29 is 9.47 Å². The number of ether oxygens (including phenoxy) is 2.